The van der Waals surface area contributed by atoms with E-state index in [-0.39, 0.29) is 11.5 Å². The van der Waals surface area contributed by atoms with Gasteiger partial charge in [0.2, 0.25) is 0 Å². The summed E-state index contributed by atoms with van der Waals surface area (Å²) in [4.78, 5) is 0. The highest BCUT2D eigenvalue weighted by atomic mass is 16.3. The number of aromatic hydroxyl groups is 1. The van der Waals surface area contributed by atoms with Crippen LogP contribution in [-0.4, -0.2) is 10.2 Å². The lowest BCUT2D eigenvalue weighted by molar-refractivity contribution is 0.432. The summed E-state index contributed by atoms with van der Waals surface area (Å²) in [5.74, 6) is 0.302. The summed E-state index contributed by atoms with van der Waals surface area (Å²) in [6, 6.07) is 11.4. The normalized spacial score (nSPS) is 21.3. The van der Waals surface area contributed by atoms with Crippen LogP contribution in [0.3, 0.4) is 0 Å². The number of phenols is 1. The van der Waals surface area contributed by atoms with Crippen molar-refractivity contribution in [2.24, 2.45) is 0 Å². The van der Waals surface area contributed by atoms with E-state index in [4.69, 9.17) is 0 Å². The number of aliphatic hydroxyl groups is 1. The van der Waals surface area contributed by atoms with Gasteiger partial charge in [-0.1, -0.05) is 67.3 Å². The molecule has 2 heteroatoms. The van der Waals surface area contributed by atoms with Crippen molar-refractivity contribution in [1.82, 2.24) is 0 Å². The Bertz CT molecular complexity index is 880. The third-order valence-electron chi connectivity index (χ3n) is 3.85. The van der Waals surface area contributed by atoms with Crippen LogP contribution in [0.1, 0.15) is 12.0 Å². The van der Waals surface area contributed by atoms with E-state index in [0.717, 1.165) is 16.3 Å². The third-order valence-corrected chi connectivity index (χ3v) is 3.85. The van der Waals surface area contributed by atoms with Crippen molar-refractivity contribution in [2.75, 3.05) is 0 Å². The Balaban J connectivity index is 2.24. The molecule has 23 heavy (non-hydrogen) atoms. The number of phenolic OH excluding ortho intramolecular Hbond substituents is 1. The number of hydrogen-bond acceptors (Lipinski definition) is 2. The molecule has 1 aliphatic rings. The predicted molar refractivity (Wildman–Crippen MR) is 96.3 cm³/mol. The largest absolute Gasteiger partial charge is 0.508 e. The molecule has 3 rings (SSSR count). The number of aliphatic hydroxyl groups excluding tert-OH is 1. The minimum atomic E-state index is 0.137. The van der Waals surface area contributed by atoms with Gasteiger partial charge in [0.1, 0.15) is 11.5 Å². The first kappa shape index (κ1) is 14.9. The van der Waals surface area contributed by atoms with Gasteiger partial charge in [0.25, 0.3) is 0 Å². The van der Waals surface area contributed by atoms with Crippen molar-refractivity contribution in [3.8, 4) is 5.75 Å². The van der Waals surface area contributed by atoms with Gasteiger partial charge >= 0.3 is 0 Å². The third kappa shape index (κ3) is 3.11. The van der Waals surface area contributed by atoms with Gasteiger partial charge in [0.15, 0.2) is 0 Å². The summed E-state index contributed by atoms with van der Waals surface area (Å²) in [6.07, 6.45) is 11.6. The maximum atomic E-state index is 10.5. The molecule has 1 aliphatic carbocycles. The standard InChI is InChI=1S/C21H18O2/c1-15-7-3-2-4-10-18(19(22)13-11-15)21-17-9-6-5-8-16(17)12-14-20(21)23/h2-9,11-14,22-23H,1,10H2/b4-2-,7-3-,13-11?,19-18-. The summed E-state index contributed by atoms with van der Waals surface area (Å²) in [5.41, 5.74) is 2.16. The lowest BCUT2D eigenvalue weighted by Crippen LogP contribution is -1.93. The van der Waals surface area contributed by atoms with Gasteiger partial charge in [-0.25, -0.2) is 0 Å². The molecule has 2 aromatic carbocycles. The van der Waals surface area contributed by atoms with Crippen molar-refractivity contribution in [3.05, 3.63) is 96.3 Å². The van der Waals surface area contributed by atoms with E-state index in [9.17, 15) is 10.2 Å². The highest BCUT2D eigenvalue weighted by Crippen LogP contribution is 2.36. The first-order valence-electron chi connectivity index (χ1n) is 7.50. The van der Waals surface area contributed by atoms with Crippen LogP contribution >= 0.6 is 0 Å². The van der Waals surface area contributed by atoms with Crippen LogP contribution in [0.2, 0.25) is 0 Å². The Kier molecular flexibility index (Phi) is 4.15. The minimum Gasteiger partial charge on any atom is -0.508 e. The van der Waals surface area contributed by atoms with Gasteiger partial charge in [-0.3, -0.25) is 0 Å². The molecule has 0 amide bonds. The number of fused-ring (bicyclic) bond motifs is 1. The summed E-state index contributed by atoms with van der Waals surface area (Å²) < 4.78 is 0. The molecule has 0 aliphatic heterocycles. The lowest BCUT2D eigenvalue weighted by atomic mass is 9.93. The zero-order valence-corrected chi connectivity index (χ0v) is 12.7. The molecular weight excluding hydrogens is 284 g/mol. The summed E-state index contributed by atoms with van der Waals surface area (Å²) >= 11 is 0. The van der Waals surface area contributed by atoms with E-state index in [1.807, 2.05) is 54.6 Å². The van der Waals surface area contributed by atoms with Crippen LogP contribution < -0.4 is 0 Å². The molecule has 2 aromatic rings. The topological polar surface area (TPSA) is 40.5 Å². The van der Waals surface area contributed by atoms with E-state index in [2.05, 4.69) is 6.58 Å². The first-order valence-corrected chi connectivity index (χ1v) is 7.50. The summed E-state index contributed by atoms with van der Waals surface area (Å²) in [6.45, 7) is 3.90. The molecular formula is C21H18O2. The first-order chi connectivity index (χ1) is 11.2. The quantitative estimate of drug-likeness (QED) is 0.736. The zero-order chi connectivity index (χ0) is 16.2. The maximum Gasteiger partial charge on any atom is 0.123 e. The molecule has 0 spiro atoms. The molecule has 2 N–H and O–H groups in total. The smallest absolute Gasteiger partial charge is 0.123 e. The molecule has 0 saturated carbocycles. The maximum absolute atomic E-state index is 10.5. The van der Waals surface area contributed by atoms with Crippen molar-refractivity contribution in [3.63, 3.8) is 0 Å². The fourth-order valence-electron chi connectivity index (χ4n) is 2.70. The Hall–Kier alpha value is -3.00. The molecule has 114 valence electrons. The van der Waals surface area contributed by atoms with Gasteiger partial charge < -0.3 is 10.2 Å². The van der Waals surface area contributed by atoms with Crippen LogP contribution in [0.5, 0.6) is 5.75 Å². The highest BCUT2D eigenvalue weighted by molar-refractivity contribution is 5.97. The van der Waals surface area contributed by atoms with Gasteiger partial charge in [-0.15, -0.1) is 0 Å². The molecule has 0 fully saturated rings. The Morgan fingerprint density at radius 3 is 2.57 bits per heavy atom. The fraction of sp³-hybridized carbons (Fsp3) is 0.0476. The average Bonchev–Trinajstić information content (AvgIpc) is 2.56. The lowest BCUT2D eigenvalue weighted by Gasteiger charge is -2.13. The second kappa shape index (κ2) is 6.41. The molecule has 0 bridgehead atoms. The molecule has 0 atom stereocenters. The van der Waals surface area contributed by atoms with E-state index in [1.54, 1.807) is 18.2 Å². The van der Waals surface area contributed by atoms with Crippen LogP contribution in [0.15, 0.2) is 90.8 Å². The van der Waals surface area contributed by atoms with Crippen molar-refractivity contribution in [2.45, 2.75) is 6.42 Å². The van der Waals surface area contributed by atoms with E-state index >= 15 is 0 Å². The zero-order valence-electron chi connectivity index (χ0n) is 12.7. The van der Waals surface area contributed by atoms with Gasteiger partial charge in [0, 0.05) is 11.1 Å². The highest BCUT2D eigenvalue weighted by Gasteiger charge is 2.14. The van der Waals surface area contributed by atoms with E-state index in [1.165, 1.54) is 0 Å². The molecule has 0 unspecified atom stereocenters. The van der Waals surface area contributed by atoms with Crippen LogP contribution in [-0.2, 0) is 0 Å². The molecule has 2 nitrogen and oxygen atoms in total. The van der Waals surface area contributed by atoms with Gasteiger partial charge in [-0.2, -0.15) is 0 Å². The van der Waals surface area contributed by atoms with E-state index in [0.29, 0.717) is 17.6 Å². The number of benzene rings is 2. The summed E-state index contributed by atoms with van der Waals surface area (Å²) in [5, 5.41) is 22.9. The summed E-state index contributed by atoms with van der Waals surface area (Å²) in [7, 11) is 0. The predicted octanol–water partition coefficient (Wildman–Crippen LogP) is 5.44. The average molecular weight is 302 g/mol. The van der Waals surface area contributed by atoms with Gasteiger partial charge in [0.05, 0.1) is 0 Å². The Labute approximate surface area is 135 Å². The van der Waals surface area contributed by atoms with Crippen LogP contribution in [0.25, 0.3) is 16.3 Å². The van der Waals surface area contributed by atoms with E-state index < -0.39 is 0 Å². The second-order valence-corrected chi connectivity index (χ2v) is 5.44. The fourth-order valence-corrected chi connectivity index (χ4v) is 2.70. The van der Waals surface area contributed by atoms with Gasteiger partial charge in [-0.05, 0) is 34.9 Å². The van der Waals surface area contributed by atoms with Crippen molar-refractivity contribution in [1.29, 1.82) is 0 Å². The monoisotopic (exact) mass is 302 g/mol. The Morgan fingerprint density at radius 1 is 0.870 bits per heavy atom. The number of rotatable bonds is 1. The molecule has 0 heterocycles. The van der Waals surface area contributed by atoms with Crippen molar-refractivity contribution >= 4 is 16.3 Å². The number of allylic oxidation sites excluding steroid dienone is 8. The Morgan fingerprint density at radius 2 is 1.70 bits per heavy atom. The van der Waals surface area contributed by atoms with Crippen LogP contribution in [0, 0.1) is 0 Å². The minimum absolute atomic E-state index is 0.137. The molecule has 0 saturated heterocycles. The number of hydrogen-bond donors (Lipinski definition) is 2. The SMILES string of the molecule is C=C1C=C/C(O)=C(/c2c(O)ccc3ccccc23)C/C=C\C=C/1. The molecule has 0 aromatic heterocycles. The van der Waals surface area contributed by atoms with Crippen LogP contribution in [0.4, 0.5) is 0 Å². The molecule has 0 radical (unpaired) electrons. The van der Waals surface area contributed by atoms with Crippen molar-refractivity contribution < 1.29 is 10.2 Å². The second-order valence-electron chi connectivity index (χ2n) is 5.44.